The number of aryl methyl sites for hydroxylation is 3. The third kappa shape index (κ3) is 3.57. The third-order valence-electron chi connectivity index (χ3n) is 4.56. The van der Waals surface area contributed by atoms with E-state index in [1.165, 1.54) is 21.6 Å². The van der Waals surface area contributed by atoms with Crippen LogP contribution in [0, 0.1) is 20.8 Å². The summed E-state index contributed by atoms with van der Waals surface area (Å²) in [6, 6.07) is 14.3. The Balaban J connectivity index is 1.90. The molecule has 0 radical (unpaired) electrons. The minimum Gasteiger partial charge on any atom is -0.423 e. The molecule has 0 aliphatic heterocycles. The topological polar surface area (TPSA) is 34.7 Å². The SMILES string of the molecule is Cc1ccc(C[NH+](C)Cc2cc(=O)oc3cc(C)c(C)cc23)cc1. The van der Waals surface area contributed by atoms with Gasteiger partial charge in [-0.1, -0.05) is 29.8 Å². The first kappa shape index (κ1) is 16.5. The van der Waals surface area contributed by atoms with Crippen molar-refractivity contribution < 1.29 is 9.32 Å². The van der Waals surface area contributed by atoms with Gasteiger partial charge in [0.1, 0.15) is 18.7 Å². The summed E-state index contributed by atoms with van der Waals surface area (Å²) >= 11 is 0. The monoisotopic (exact) mass is 322 g/mol. The van der Waals surface area contributed by atoms with Crippen molar-refractivity contribution in [3.8, 4) is 0 Å². The van der Waals surface area contributed by atoms with E-state index in [1.807, 2.05) is 13.0 Å². The van der Waals surface area contributed by atoms with Crippen molar-refractivity contribution in [2.24, 2.45) is 0 Å². The van der Waals surface area contributed by atoms with E-state index in [-0.39, 0.29) is 5.63 Å². The number of hydrogen-bond donors (Lipinski definition) is 1. The molecule has 0 bridgehead atoms. The normalized spacial score (nSPS) is 12.5. The van der Waals surface area contributed by atoms with Gasteiger partial charge in [0.05, 0.1) is 7.05 Å². The van der Waals surface area contributed by atoms with Gasteiger partial charge in [0, 0.05) is 22.6 Å². The van der Waals surface area contributed by atoms with Crippen molar-refractivity contribution in [2.45, 2.75) is 33.9 Å². The first-order valence-electron chi connectivity index (χ1n) is 8.33. The van der Waals surface area contributed by atoms with Gasteiger partial charge in [0.2, 0.25) is 0 Å². The first-order valence-corrected chi connectivity index (χ1v) is 8.33. The van der Waals surface area contributed by atoms with E-state index < -0.39 is 0 Å². The largest absolute Gasteiger partial charge is 0.423 e. The molecule has 0 saturated heterocycles. The van der Waals surface area contributed by atoms with Gasteiger partial charge in [-0.25, -0.2) is 4.79 Å². The van der Waals surface area contributed by atoms with Gasteiger partial charge in [-0.3, -0.25) is 0 Å². The van der Waals surface area contributed by atoms with Gasteiger partial charge >= 0.3 is 5.63 Å². The lowest BCUT2D eigenvalue weighted by molar-refractivity contribution is -0.907. The Kier molecular flexibility index (Phi) is 4.54. The van der Waals surface area contributed by atoms with Crippen molar-refractivity contribution in [2.75, 3.05) is 7.05 Å². The zero-order chi connectivity index (χ0) is 17.3. The fourth-order valence-corrected chi connectivity index (χ4v) is 3.07. The highest BCUT2D eigenvalue weighted by Crippen LogP contribution is 2.21. The minimum atomic E-state index is -0.274. The lowest BCUT2D eigenvalue weighted by atomic mass is 10.0. The van der Waals surface area contributed by atoms with Gasteiger partial charge in [-0.2, -0.15) is 0 Å². The molecule has 3 rings (SSSR count). The summed E-state index contributed by atoms with van der Waals surface area (Å²) in [5.74, 6) is 0. The molecule has 1 N–H and O–H groups in total. The van der Waals surface area contributed by atoms with Crippen LogP contribution in [0.4, 0.5) is 0 Å². The van der Waals surface area contributed by atoms with E-state index in [9.17, 15) is 4.79 Å². The average molecular weight is 322 g/mol. The first-order chi connectivity index (χ1) is 11.4. The molecule has 24 heavy (non-hydrogen) atoms. The quantitative estimate of drug-likeness (QED) is 0.750. The van der Waals surface area contributed by atoms with Crippen LogP contribution in [0.5, 0.6) is 0 Å². The Labute approximate surface area is 142 Å². The molecule has 1 unspecified atom stereocenters. The van der Waals surface area contributed by atoms with Crippen LogP contribution in [0.2, 0.25) is 0 Å². The Hall–Kier alpha value is -2.39. The molecule has 1 heterocycles. The predicted octanol–water partition coefficient (Wildman–Crippen LogP) is 2.93. The van der Waals surface area contributed by atoms with Crippen LogP contribution < -0.4 is 10.5 Å². The molecule has 124 valence electrons. The second-order valence-corrected chi connectivity index (χ2v) is 6.82. The summed E-state index contributed by atoms with van der Waals surface area (Å²) in [5.41, 5.74) is 6.39. The van der Waals surface area contributed by atoms with Crippen LogP contribution in [-0.2, 0) is 13.1 Å². The van der Waals surface area contributed by atoms with Crippen molar-refractivity contribution in [1.82, 2.24) is 0 Å². The lowest BCUT2D eigenvalue weighted by Gasteiger charge is -2.15. The predicted molar refractivity (Wildman–Crippen MR) is 97.4 cm³/mol. The van der Waals surface area contributed by atoms with Crippen LogP contribution in [0.3, 0.4) is 0 Å². The van der Waals surface area contributed by atoms with E-state index in [0.717, 1.165) is 29.6 Å². The molecule has 0 aliphatic carbocycles. The van der Waals surface area contributed by atoms with E-state index >= 15 is 0 Å². The van der Waals surface area contributed by atoms with Crippen molar-refractivity contribution in [3.05, 3.63) is 80.7 Å². The Morgan fingerprint density at radius 1 is 0.917 bits per heavy atom. The summed E-state index contributed by atoms with van der Waals surface area (Å²) in [6.45, 7) is 7.94. The smallest absolute Gasteiger partial charge is 0.336 e. The zero-order valence-electron chi connectivity index (χ0n) is 14.8. The number of rotatable bonds is 4. The van der Waals surface area contributed by atoms with Crippen LogP contribution >= 0.6 is 0 Å². The van der Waals surface area contributed by atoms with Crippen LogP contribution in [0.1, 0.15) is 27.8 Å². The number of fused-ring (bicyclic) bond motifs is 1. The van der Waals surface area contributed by atoms with Crippen molar-refractivity contribution in [1.29, 1.82) is 0 Å². The molecule has 1 atom stereocenters. The number of hydrogen-bond acceptors (Lipinski definition) is 2. The Bertz CT molecular complexity index is 923. The maximum atomic E-state index is 11.9. The molecule has 0 aliphatic rings. The number of quaternary nitrogens is 1. The van der Waals surface area contributed by atoms with Gasteiger partial charge in [-0.05, 0) is 44.0 Å². The fraction of sp³-hybridized carbons (Fsp3) is 0.286. The molecule has 1 aromatic heterocycles. The fourth-order valence-electron chi connectivity index (χ4n) is 3.07. The summed E-state index contributed by atoms with van der Waals surface area (Å²) in [6.07, 6.45) is 0. The number of benzene rings is 2. The molecule has 0 saturated carbocycles. The molecule has 3 aromatic rings. The lowest BCUT2D eigenvalue weighted by Crippen LogP contribution is -3.06. The van der Waals surface area contributed by atoms with E-state index in [0.29, 0.717) is 5.58 Å². The van der Waals surface area contributed by atoms with Crippen molar-refractivity contribution in [3.63, 3.8) is 0 Å². The van der Waals surface area contributed by atoms with Gasteiger partial charge in [0.25, 0.3) is 0 Å². The van der Waals surface area contributed by atoms with Gasteiger partial charge in [0.15, 0.2) is 0 Å². The van der Waals surface area contributed by atoms with E-state index in [2.05, 4.69) is 51.2 Å². The van der Waals surface area contributed by atoms with Crippen molar-refractivity contribution >= 4 is 11.0 Å². The van der Waals surface area contributed by atoms with Gasteiger partial charge < -0.3 is 9.32 Å². The van der Waals surface area contributed by atoms with E-state index in [1.54, 1.807) is 6.07 Å². The molecule has 2 aromatic carbocycles. The highest BCUT2D eigenvalue weighted by molar-refractivity contribution is 5.81. The Morgan fingerprint density at radius 2 is 1.58 bits per heavy atom. The summed E-state index contributed by atoms with van der Waals surface area (Å²) < 4.78 is 5.39. The Morgan fingerprint density at radius 3 is 2.29 bits per heavy atom. The second-order valence-electron chi connectivity index (χ2n) is 6.82. The standard InChI is InChI=1S/C21H23NO2/c1-14-5-7-17(8-6-14)12-22(4)13-18-11-21(23)24-20-10-16(3)15(2)9-19(18)20/h5-11H,12-13H2,1-4H3/p+1. The maximum Gasteiger partial charge on any atom is 0.336 e. The molecule has 0 fully saturated rings. The molecule has 3 heteroatoms. The minimum absolute atomic E-state index is 0.274. The van der Waals surface area contributed by atoms with Gasteiger partial charge in [-0.15, -0.1) is 0 Å². The summed E-state index contributed by atoms with van der Waals surface area (Å²) in [7, 11) is 2.15. The maximum absolute atomic E-state index is 11.9. The molecule has 3 nitrogen and oxygen atoms in total. The average Bonchev–Trinajstić information content (AvgIpc) is 2.51. The second kappa shape index (κ2) is 6.62. The highest BCUT2D eigenvalue weighted by Gasteiger charge is 2.12. The number of nitrogens with one attached hydrogen (secondary N) is 1. The summed E-state index contributed by atoms with van der Waals surface area (Å²) in [5, 5.41) is 1.04. The van der Waals surface area contributed by atoms with Crippen LogP contribution in [-0.4, -0.2) is 7.05 Å². The van der Waals surface area contributed by atoms with Crippen LogP contribution in [0.15, 0.2) is 51.7 Å². The third-order valence-corrected chi connectivity index (χ3v) is 4.56. The molecular formula is C21H24NO2+. The molecule has 0 amide bonds. The molecule has 0 spiro atoms. The molecular weight excluding hydrogens is 298 g/mol. The van der Waals surface area contributed by atoms with Crippen LogP contribution in [0.25, 0.3) is 11.0 Å². The summed E-state index contributed by atoms with van der Waals surface area (Å²) in [4.78, 5) is 13.2. The highest BCUT2D eigenvalue weighted by atomic mass is 16.4. The zero-order valence-corrected chi connectivity index (χ0v) is 14.8. The van der Waals surface area contributed by atoms with E-state index in [4.69, 9.17) is 4.42 Å².